The molecule has 0 saturated heterocycles. The first-order valence-corrected chi connectivity index (χ1v) is 7.96. The van der Waals surface area contributed by atoms with E-state index in [2.05, 4.69) is 10.6 Å². The second-order valence-corrected chi connectivity index (χ2v) is 5.74. The molecule has 0 aliphatic carbocycles. The van der Waals surface area contributed by atoms with Crippen LogP contribution < -0.4 is 15.4 Å². The van der Waals surface area contributed by atoms with E-state index >= 15 is 0 Å². The summed E-state index contributed by atoms with van der Waals surface area (Å²) >= 11 is 17.0. The highest BCUT2D eigenvalue weighted by Gasteiger charge is 2.09. The van der Waals surface area contributed by atoms with Crippen LogP contribution in [0.1, 0.15) is 17.3 Å². The molecule has 0 fully saturated rings. The van der Waals surface area contributed by atoms with Crippen LogP contribution in [0.25, 0.3) is 0 Å². The quantitative estimate of drug-likeness (QED) is 0.779. The largest absolute Gasteiger partial charge is 0.494 e. The zero-order chi connectivity index (χ0) is 16.8. The molecule has 7 heteroatoms. The third-order valence-electron chi connectivity index (χ3n) is 2.83. The topological polar surface area (TPSA) is 50.4 Å². The molecule has 23 heavy (non-hydrogen) atoms. The van der Waals surface area contributed by atoms with Gasteiger partial charge in [-0.3, -0.25) is 10.1 Å². The van der Waals surface area contributed by atoms with Crippen LogP contribution in [-0.4, -0.2) is 17.6 Å². The van der Waals surface area contributed by atoms with Gasteiger partial charge in [-0.2, -0.15) is 0 Å². The fraction of sp³-hybridized carbons (Fsp3) is 0.125. The van der Waals surface area contributed by atoms with Gasteiger partial charge in [-0.05, 0) is 61.6 Å². The molecule has 0 unspecified atom stereocenters. The summed E-state index contributed by atoms with van der Waals surface area (Å²) in [6, 6.07) is 11.7. The van der Waals surface area contributed by atoms with Gasteiger partial charge >= 0.3 is 0 Å². The number of carbonyl (C=O) groups excluding carboxylic acids is 1. The summed E-state index contributed by atoms with van der Waals surface area (Å²) in [4.78, 5) is 12.1. The number of rotatable bonds is 4. The number of halogens is 2. The monoisotopic (exact) mass is 368 g/mol. The molecule has 0 aliphatic rings. The van der Waals surface area contributed by atoms with Crippen LogP contribution in [0.15, 0.2) is 42.5 Å². The molecule has 0 spiro atoms. The molecule has 0 bridgehead atoms. The Kier molecular flexibility index (Phi) is 6.21. The van der Waals surface area contributed by atoms with Gasteiger partial charge in [0.25, 0.3) is 5.91 Å². The lowest BCUT2D eigenvalue weighted by Crippen LogP contribution is -2.34. The lowest BCUT2D eigenvalue weighted by Gasteiger charge is -2.11. The van der Waals surface area contributed by atoms with Gasteiger partial charge in [0, 0.05) is 10.6 Å². The van der Waals surface area contributed by atoms with Gasteiger partial charge in [0.15, 0.2) is 5.11 Å². The Hall–Kier alpha value is -1.82. The molecule has 2 N–H and O–H groups in total. The summed E-state index contributed by atoms with van der Waals surface area (Å²) in [5.74, 6) is 0.383. The molecular formula is C16H14Cl2N2O2S. The SMILES string of the molecule is CCOc1ccc(C(=O)NC(=S)Nc2ccc(Cl)cc2Cl)cc1. The molecule has 0 saturated carbocycles. The van der Waals surface area contributed by atoms with Crippen LogP contribution in [0, 0.1) is 0 Å². The van der Waals surface area contributed by atoms with Crippen molar-refractivity contribution in [3.63, 3.8) is 0 Å². The Labute approximate surface area is 149 Å². The highest BCUT2D eigenvalue weighted by atomic mass is 35.5. The van der Waals surface area contributed by atoms with E-state index in [9.17, 15) is 4.79 Å². The molecule has 1 amide bonds. The Morgan fingerprint density at radius 2 is 1.87 bits per heavy atom. The standard InChI is InChI=1S/C16H14Cl2N2O2S/c1-2-22-12-6-3-10(4-7-12)15(21)20-16(23)19-14-8-5-11(17)9-13(14)18/h3-9H,2H2,1H3,(H2,19,20,21,23). The minimum absolute atomic E-state index is 0.146. The zero-order valence-corrected chi connectivity index (χ0v) is 14.6. The van der Waals surface area contributed by atoms with Crippen LogP contribution in [0.2, 0.25) is 10.0 Å². The Balaban J connectivity index is 1.97. The second-order valence-electron chi connectivity index (χ2n) is 4.49. The van der Waals surface area contributed by atoms with Crippen molar-refractivity contribution in [2.45, 2.75) is 6.92 Å². The minimum Gasteiger partial charge on any atom is -0.494 e. The molecule has 4 nitrogen and oxygen atoms in total. The lowest BCUT2D eigenvalue weighted by molar-refractivity contribution is 0.0977. The van der Waals surface area contributed by atoms with E-state index < -0.39 is 0 Å². The number of benzene rings is 2. The van der Waals surface area contributed by atoms with E-state index in [0.29, 0.717) is 33.7 Å². The van der Waals surface area contributed by atoms with Crippen molar-refractivity contribution >= 4 is 52.1 Å². The Morgan fingerprint density at radius 1 is 1.17 bits per heavy atom. The number of amides is 1. The maximum absolute atomic E-state index is 12.1. The van der Waals surface area contributed by atoms with E-state index in [1.54, 1.807) is 42.5 Å². The normalized spacial score (nSPS) is 10.0. The van der Waals surface area contributed by atoms with Crippen LogP contribution in [0.5, 0.6) is 5.75 Å². The first kappa shape index (κ1) is 17.5. The summed E-state index contributed by atoms with van der Waals surface area (Å²) in [6.07, 6.45) is 0. The van der Waals surface area contributed by atoms with Crippen molar-refractivity contribution in [2.75, 3.05) is 11.9 Å². The number of anilines is 1. The van der Waals surface area contributed by atoms with Crippen LogP contribution in [0.4, 0.5) is 5.69 Å². The molecule has 0 atom stereocenters. The van der Waals surface area contributed by atoms with Crippen LogP contribution in [-0.2, 0) is 0 Å². The number of hydrogen-bond donors (Lipinski definition) is 2. The molecular weight excluding hydrogens is 355 g/mol. The highest BCUT2D eigenvalue weighted by Crippen LogP contribution is 2.25. The fourth-order valence-corrected chi connectivity index (χ4v) is 2.45. The van der Waals surface area contributed by atoms with Gasteiger partial charge < -0.3 is 10.1 Å². The molecule has 2 aromatic carbocycles. The summed E-state index contributed by atoms with van der Waals surface area (Å²) in [7, 11) is 0. The van der Waals surface area contributed by atoms with E-state index in [-0.39, 0.29) is 11.0 Å². The predicted octanol–water partition coefficient (Wildman–Crippen LogP) is 4.52. The molecule has 0 aromatic heterocycles. The number of hydrogen-bond acceptors (Lipinski definition) is 3. The second kappa shape index (κ2) is 8.15. The van der Waals surface area contributed by atoms with E-state index in [0.717, 1.165) is 0 Å². The minimum atomic E-state index is -0.323. The van der Waals surface area contributed by atoms with Crippen LogP contribution in [0.3, 0.4) is 0 Å². The Bertz CT molecular complexity index is 721. The number of carbonyl (C=O) groups is 1. The van der Waals surface area contributed by atoms with Gasteiger partial charge in [-0.1, -0.05) is 23.2 Å². The molecule has 120 valence electrons. The van der Waals surface area contributed by atoms with Gasteiger partial charge in [-0.25, -0.2) is 0 Å². The van der Waals surface area contributed by atoms with Crippen molar-refractivity contribution in [1.29, 1.82) is 0 Å². The molecule has 2 aromatic rings. The third kappa shape index (κ3) is 5.10. The van der Waals surface area contributed by atoms with E-state index in [1.807, 2.05) is 6.92 Å². The molecule has 2 rings (SSSR count). The first-order valence-electron chi connectivity index (χ1n) is 6.80. The lowest BCUT2D eigenvalue weighted by atomic mass is 10.2. The Morgan fingerprint density at radius 3 is 2.48 bits per heavy atom. The number of ether oxygens (including phenoxy) is 1. The first-order chi connectivity index (χ1) is 11.0. The average Bonchev–Trinajstić information content (AvgIpc) is 2.51. The van der Waals surface area contributed by atoms with Crippen molar-refractivity contribution in [3.05, 3.63) is 58.1 Å². The van der Waals surface area contributed by atoms with Gasteiger partial charge in [0.1, 0.15) is 5.75 Å². The fourth-order valence-electron chi connectivity index (χ4n) is 1.79. The van der Waals surface area contributed by atoms with Crippen molar-refractivity contribution < 1.29 is 9.53 Å². The van der Waals surface area contributed by atoms with Gasteiger partial charge in [0.05, 0.1) is 17.3 Å². The average molecular weight is 369 g/mol. The molecule has 0 heterocycles. The summed E-state index contributed by atoms with van der Waals surface area (Å²) in [5.41, 5.74) is 1.04. The molecule has 0 radical (unpaired) electrons. The van der Waals surface area contributed by atoms with E-state index in [1.165, 1.54) is 0 Å². The summed E-state index contributed by atoms with van der Waals surface area (Å²) in [6.45, 7) is 2.47. The van der Waals surface area contributed by atoms with Crippen molar-refractivity contribution in [1.82, 2.24) is 5.32 Å². The smallest absolute Gasteiger partial charge is 0.257 e. The maximum Gasteiger partial charge on any atom is 0.257 e. The zero-order valence-electron chi connectivity index (χ0n) is 12.2. The maximum atomic E-state index is 12.1. The molecule has 0 aliphatic heterocycles. The summed E-state index contributed by atoms with van der Waals surface area (Å²) < 4.78 is 5.33. The van der Waals surface area contributed by atoms with Gasteiger partial charge in [-0.15, -0.1) is 0 Å². The van der Waals surface area contributed by atoms with Crippen molar-refractivity contribution in [3.8, 4) is 5.75 Å². The highest BCUT2D eigenvalue weighted by molar-refractivity contribution is 7.80. The van der Waals surface area contributed by atoms with Gasteiger partial charge in [0.2, 0.25) is 0 Å². The van der Waals surface area contributed by atoms with Crippen LogP contribution >= 0.6 is 35.4 Å². The number of thiocarbonyl (C=S) groups is 1. The number of nitrogens with one attached hydrogen (secondary N) is 2. The third-order valence-corrected chi connectivity index (χ3v) is 3.59. The predicted molar refractivity (Wildman–Crippen MR) is 97.8 cm³/mol. The summed E-state index contributed by atoms with van der Waals surface area (Å²) in [5, 5.41) is 6.52. The van der Waals surface area contributed by atoms with E-state index in [4.69, 9.17) is 40.2 Å². The van der Waals surface area contributed by atoms with Crippen molar-refractivity contribution in [2.24, 2.45) is 0 Å².